The van der Waals surface area contributed by atoms with E-state index in [-0.39, 0.29) is 5.56 Å². The zero-order chi connectivity index (χ0) is 13.2. The molecule has 19 heavy (non-hydrogen) atoms. The van der Waals surface area contributed by atoms with Crippen LogP contribution in [0.5, 0.6) is 0 Å². The summed E-state index contributed by atoms with van der Waals surface area (Å²) in [6.45, 7) is 0. The monoisotopic (exact) mass is 256 g/mol. The van der Waals surface area contributed by atoms with E-state index in [1.54, 1.807) is 24.3 Å². The Hall–Kier alpha value is -2.89. The van der Waals surface area contributed by atoms with Crippen molar-refractivity contribution < 1.29 is 18.7 Å². The highest BCUT2D eigenvalue weighted by Crippen LogP contribution is 2.20. The molecule has 6 heteroatoms. The van der Waals surface area contributed by atoms with Gasteiger partial charge in [-0.1, -0.05) is 6.07 Å². The quantitative estimate of drug-likeness (QED) is 0.774. The standard InChI is InChI=1S/C13H8N2O4/c16-13(17)9-2-1-3-10-12(9)15-11(19-10)5-4-8-6-18-7-14-8/h1-7H,(H,16,17)/b5-4+. The number of para-hydroxylation sites is 1. The lowest BCUT2D eigenvalue weighted by Crippen LogP contribution is -1.96. The van der Waals surface area contributed by atoms with Crippen LogP contribution in [-0.4, -0.2) is 21.0 Å². The Morgan fingerprint density at radius 3 is 2.95 bits per heavy atom. The molecular formula is C13H8N2O4. The van der Waals surface area contributed by atoms with Gasteiger partial charge in [-0.3, -0.25) is 0 Å². The third kappa shape index (κ3) is 2.11. The first kappa shape index (κ1) is 11.2. The maximum absolute atomic E-state index is 11.0. The van der Waals surface area contributed by atoms with E-state index in [2.05, 4.69) is 9.97 Å². The van der Waals surface area contributed by atoms with E-state index in [1.165, 1.54) is 18.7 Å². The number of hydrogen-bond donors (Lipinski definition) is 1. The molecule has 0 aliphatic rings. The highest BCUT2D eigenvalue weighted by Gasteiger charge is 2.13. The van der Waals surface area contributed by atoms with Gasteiger partial charge in [-0.25, -0.2) is 14.8 Å². The number of oxazole rings is 2. The minimum absolute atomic E-state index is 0.113. The molecule has 0 aliphatic heterocycles. The summed E-state index contributed by atoms with van der Waals surface area (Å²) in [5.74, 6) is -0.724. The van der Waals surface area contributed by atoms with Crippen molar-refractivity contribution in [1.29, 1.82) is 0 Å². The molecule has 1 N–H and O–H groups in total. The second-order valence-electron chi connectivity index (χ2n) is 3.76. The molecule has 0 aliphatic carbocycles. The average molecular weight is 256 g/mol. The molecule has 0 amide bonds. The normalized spacial score (nSPS) is 11.4. The molecule has 0 fully saturated rings. The molecular weight excluding hydrogens is 248 g/mol. The summed E-state index contributed by atoms with van der Waals surface area (Å²) in [5.41, 5.74) is 1.50. The molecule has 2 aromatic heterocycles. The zero-order valence-electron chi connectivity index (χ0n) is 9.61. The van der Waals surface area contributed by atoms with Crippen molar-refractivity contribution in [2.24, 2.45) is 0 Å². The first-order valence-electron chi connectivity index (χ1n) is 5.43. The van der Waals surface area contributed by atoms with Gasteiger partial charge in [0.2, 0.25) is 5.89 Å². The van der Waals surface area contributed by atoms with Gasteiger partial charge in [-0.05, 0) is 18.2 Å². The molecule has 2 heterocycles. The average Bonchev–Trinajstić information content (AvgIpc) is 3.04. The van der Waals surface area contributed by atoms with Crippen LogP contribution >= 0.6 is 0 Å². The predicted molar refractivity (Wildman–Crippen MR) is 66.4 cm³/mol. The predicted octanol–water partition coefficient (Wildman–Crippen LogP) is 2.68. The van der Waals surface area contributed by atoms with Crippen molar-refractivity contribution in [3.63, 3.8) is 0 Å². The smallest absolute Gasteiger partial charge is 0.338 e. The second kappa shape index (κ2) is 4.41. The number of nitrogens with zero attached hydrogens (tertiary/aromatic N) is 2. The zero-order valence-corrected chi connectivity index (χ0v) is 9.61. The fraction of sp³-hybridized carbons (Fsp3) is 0. The Bertz CT molecular complexity index is 756. The Labute approximate surface area is 107 Å². The number of benzene rings is 1. The molecule has 0 saturated heterocycles. The molecule has 1 aromatic carbocycles. The number of carboxylic acid groups (broad SMARTS) is 1. The maximum Gasteiger partial charge on any atom is 0.338 e. The van der Waals surface area contributed by atoms with Crippen molar-refractivity contribution in [2.75, 3.05) is 0 Å². The van der Waals surface area contributed by atoms with Gasteiger partial charge in [0.05, 0.1) is 5.56 Å². The first-order chi connectivity index (χ1) is 9.24. The first-order valence-corrected chi connectivity index (χ1v) is 5.43. The molecule has 0 unspecified atom stereocenters. The highest BCUT2D eigenvalue weighted by atomic mass is 16.4. The molecule has 3 rings (SSSR count). The number of carbonyl (C=O) groups is 1. The van der Waals surface area contributed by atoms with Crippen LogP contribution < -0.4 is 0 Å². The van der Waals surface area contributed by atoms with Crippen LogP contribution in [0.3, 0.4) is 0 Å². The van der Waals surface area contributed by atoms with Crippen molar-refractivity contribution >= 4 is 29.2 Å². The number of carboxylic acids is 1. The number of aromatic nitrogens is 2. The Morgan fingerprint density at radius 2 is 2.21 bits per heavy atom. The van der Waals surface area contributed by atoms with Gasteiger partial charge in [-0.2, -0.15) is 0 Å². The summed E-state index contributed by atoms with van der Waals surface area (Å²) < 4.78 is 10.3. The van der Waals surface area contributed by atoms with Crippen LogP contribution in [-0.2, 0) is 0 Å². The van der Waals surface area contributed by atoms with Gasteiger partial charge in [0, 0.05) is 6.08 Å². The van der Waals surface area contributed by atoms with Gasteiger partial charge in [0.1, 0.15) is 17.5 Å². The number of rotatable bonds is 3. The van der Waals surface area contributed by atoms with Crippen LogP contribution in [0.1, 0.15) is 21.9 Å². The Balaban J connectivity index is 2.02. The molecule has 0 atom stereocenters. The van der Waals surface area contributed by atoms with Crippen LogP contribution in [0.15, 0.2) is 39.7 Å². The maximum atomic E-state index is 11.0. The van der Waals surface area contributed by atoms with Crippen LogP contribution in [0.25, 0.3) is 23.3 Å². The van der Waals surface area contributed by atoms with E-state index in [0.29, 0.717) is 22.7 Å². The van der Waals surface area contributed by atoms with Gasteiger partial charge in [0.25, 0.3) is 0 Å². The van der Waals surface area contributed by atoms with Gasteiger partial charge >= 0.3 is 5.97 Å². The summed E-state index contributed by atoms with van der Waals surface area (Å²) >= 11 is 0. The molecule has 0 bridgehead atoms. The fourth-order valence-corrected chi connectivity index (χ4v) is 1.67. The van der Waals surface area contributed by atoms with Crippen molar-refractivity contribution in [3.8, 4) is 0 Å². The van der Waals surface area contributed by atoms with Gasteiger partial charge in [-0.15, -0.1) is 0 Å². The number of hydrogen-bond acceptors (Lipinski definition) is 5. The molecule has 0 spiro atoms. The fourth-order valence-electron chi connectivity index (χ4n) is 1.67. The Kier molecular flexibility index (Phi) is 2.60. The van der Waals surface area contributed by atoms with E-state index < -0.39 is 5.97 Å². The largest absolute Gasteiger partial charge is 0.478 e. The molecule has 0 saturated carbocycles. The van der Waals surface area contributed by atoms with E-state index >= 15 is 0 Å². The van der Waals surface area contributed by atoms with Crippen molar-refractivity contribution in [1.82, 2.24) is 9.97 Å². The molecule has 6 nitrogen and oxygen atoms in total. The van der Waals surface area contributed by atoms with Crippen LogP contribution in [0, 0.1) is 0 Å². The van der Waals surface area contributed by atoms with Gasteiger partial charge < -0.3 is 13.9 Å². The molecule has 94 valence electrons. The Morgan fingerprint density at radius 1 is 1.32 bits per heavy atom. The minimum atomic E-state index is -1.04. The third-order valence-corrected chi connectivity index (χ3v) is 2.51. The summed E-state index contributed by atoms with van der Waals surface area (Å²) in [4.78, 5) is 19.1. The van der Waals surface area contributed by atoms with Crippen molar-refractivity contribution in [2.45, 2.75) is 0 Å². The van der Waals surface area contributed by atoms with E-state index in [0.717, 1.165) is 0 Å². The summed E-state index contributed by atoms with van der Waals surface area (Å²) in [5, 5.41) is 9.05. The summed E-state index contributed by atoms with van der Waals surface area (Å²) in [6, 6.07) is 4.77. The lowest BCUT2D eigenvalue weighted by Gasteiger charge is -1.92. The summed E-state index contributed by atoms with van der Waals surface area (Å²) in [6.07, 6.45) is 6.05. The van der Waals surface area contributed by atoms with E-state index in [9.17, 15) is 4.79 Å². The summed E-state index contributed by atoms with van der Waals surface area (Å²) in [7, 11) is 0. The number of fused-ring (bicyclic) bond motifs is 1. The lowest BCUT2D eigenvalue weighted by atomic mass is 10.2. The SMILES string of the molecule is O=C(O)c1cccc2oc(/C=C/c3cocn3)nc12. The topological polar surface area (TPSA) is 89.4 Å². The van der Waals surface area contributed by atoms with Crippen molar-refractivity contribution in [3.05, 3.63) is 48.0 Å². The third-order valence-electron chi connectivity index (χ3n) is 2.51. The lowest BCUT2D eigenvalue weighted by molar-refractivity contribution is 0.0699. The molecule has 0 radical (unpaired) electrons. The van der Waals surface area contributed by atoms with E-state index in [4.69, 9.17) is 13.9 Å². The van der Waals surface area contributed by atoms with Crippen LogP contribution in [0.2, 0.25) is 0 Å². The number of aromatic carboxylic acids is 1. The van der Waals surface area contributed by atoms with E-state index in [1.807, 2.05) is 0 Å². The van der Waals surface area contributed by atoms with Crippen LogP contribution in [0.4, 0.5) is 0 Å². The minimum Gasteiger partial charge on any atom is -0.478 e. The second-order valence-corrected chi connectivity index (χ2v) is 3.76. The molecule has 3 aromatic rings. The van der Waals surface area contributed by atoms with Gasteiger partial charge in [0.15, 0.2) is 12.0 Å². The highest BCUT2D eigenvalue weighted by molar-refractivity contribution is 6.00.